The van der Waals surface area contributed by atoms with Gasteiger partial charge in [-0.05, 0) is 30.7 Å². The number of nitrogens with one attached hydrogen (secondary N) is 1. The van der Waals surface area contributed by atoms with Crippen LogP contribution in [0.5, 0.6) is 0 Å². The van der Waals surface area contributed by atoms with Gasteiger partial charge in [0.15, 0.2) is 0 Å². The Hall–Kier alpha value is -2.55. The van der Waals surface area contributed by atoms with Gasteiger partial charge in [-0.25, -0.2) is 0 Å². The Balaban J connectivity index is 2.36. The van der Waals surface area contributed by atoms with Crippen LogP contribution < -0.4 is 5.32 Å². The zero-order valence-electron chi connectivity index (χ0n) is 11.7. The second kappa shape index (κ2) is 6.69. The lowest BCUT2D eigenvalue weighted by molar-refractivity contribution is -0.384. The highest BCUT2D eigenvalue weighted by Crippen LogP contribution is 2.36. The van der Waals surface area contributed by atoms with Crippen molar-refractivity contribution in [3.63, 3.8) is 0 Å². The number of nitrogens with zero attached hydrogens (tertiary/aromatic N) is 1. The quantitative estimate of drug-likeness (QED) is 0.622. The SMILES string of the molecule is O=[N+]([O-])c1cc(C(F)(F)F)ccc1NC(CCO)c1ccco1. The summed E-state index contributed by atoms with van der Waals surface area (Å²) in [6.45, 7) is -0.229. The van der Waals surface area contributed by atoms with Crippen molar-refractivity contribution in [3.05, 3.63) is 58.0 Å². The van der Waals surface area contributed by atoms with Gasteiger partial charge >= 0.3 is 6.18 Å². The van der Waals surface area contributed by atoms with E-state index in [-0.39, 0.29) is 18.7 Å². The summed E-state index contributed by atoms with van der Waals surface area (Å²) in [5.41, 5.74) is -1.89. The molecule has 0 amide bonds. The highest BCUT2D eigenvalue weighted by molar-refractivity contribution is 5.63. The van der Waals surface area contributed by atoms with Crippen molar-refractivity contribution in [2.75, 3.05) is 11.9 Å². The summed E-state index contributed by atoms with van der Waals surface area (Å²) in [6.07, 6.45) is -3.11. The zero-order chi connectivity index (χ0) is 17.0. The summed E-state index contributed by atoms with van der Waals surface area (Å²) in [6, 6.07) is 4.82. The number of aliphatic hydroxyl groups is 1. The zero-order valence-corrected chi connectivity index (χ0v) is 11.7. The first-order valence-electron chi connectivity index (χ1n) is 6.59. The Labute approximate surface area is 128 Å². The molecule has 2 N–H and O–H groups in total. The van der Waals surface area contributed by atoms with Gasteiger partial charge < -0.3 is 14.8 Å². The van der Waals surface area contributed by atoms with Crippen molar-refractivity contribution < 1.29 is 27.6 Å². The van der Waals surface area contributed by atoms with Crippen molar-refractivity contribution in [2.45, 2.75) is 18.6 Å². The first-order chi connectivity index (χ1) is 10.8. The predicted molar refractivity (Wildman–Crippen MR) is 74.9 cm³/mol. The first-order valence-corrected chi connectivity index (χ1v) is 6.59. The third-order valence-electron chi connectivity index (χ3n) is 3.16. The van der Waals surface area contributed by atoms with Gasteiger partial charge in [0.2, 0.25) is 0 Å². The maximum atomic E-state index is 12.7. The molecular weight excluding hydrogens is 317 g/mol. The van der Waals surface area contributed by atoms with Crippen molar-refractivity contribution in [1.29, 1.82) is 0 Å². The second-order valence-electron chi connectivity index (χ2n) is 4.71. The molecule has 0 aliphatic heterocycles. The molecule has 9 heteroatoms. The highest BCUT2D eigenvalue weighted by Gasteiger charge is 2.33. The molecule has 0 saturated heterocycles. The third kappa shape index (κ3) is 4.01. The lowest BCUT2D eigenvalue weighted by atomic mass is 10.1. The molecule has 1 aromatic heterocycles. The molecule has 2 rings (SSSR count). The Bertz CT molecular complexity index is 671. The third-order valence-corrected chi connectivity index (χ3v) is 3.16. The van der Waals surface area contributed by atoms with Crippen molar-refractivity contribution in [2.24, 2.45) is 0 Å². The molecule has 1 atom stereocenters. The van der Waals surface area contributed by atoms with E-state index >= 15 is 0 Å². The van der Waals surface area contributed by atoms with Crippen LogP contribution in [0.3, 0.4) is 0 Å². The number of anilines is 1. The molecular formula is C14H13F3N2O4. The van der Waals surface area contributed by atoms with E-state index in [1.165, 1.54) is 6.26 Å². The molecule has 0 spiro atoms. The fourth-order valence-electron chi connectivity index (χ4n) is 2.07. The normalized spacial score (nSPS) is 12.9. The molecule has 0 aliphatic carbocycles. The van der Waals surface area contributed by atoms with E-state index in [0.29, 0.717) is 11.8 Å². The molecule has 0 bridgehead atoms. The van der Waals surface area contributed by atoms with Crippen LogP contribution in [-0.4, -0.2) is 16.6 Å². The maximum absolute atomic E-state index is 12.7. The lowest BCUT2D eigenvalue weighted by Crippen LogP contribution is -2.14. The number of halogens is 3. The largest absolute Gasteiger partial charge is 0.467 e. The summed E-state index contributed by atoms with van der Waals surface area (Å²) < 4.78 is 43.2. The number of aliphatic hydroxyl groups excluding tert-OH is 1. The van der Waals surface area contributed by atoms with Crippen LogP contribution in [0.2, 0.25) is 0 Å². The fraction of sp³-hybridized carbons (Fsp3) is 0.286. The topological polar surface area (TPSA) is 88.5 Å². The van der Waals surface area contributed by atoms with Gasteiger partial charge in [0.05, 0.1) is 22.8 Å². The number of benzene rings is 1. The van der Waals surface area contributed by atoms with Crippen LogP contribution in [0.15, 0.2) is 41.0 Å². The number of alkyl halides is 3. The van der Waals surface area contributed by atoms with Crippen molar-refractivity contribution in [3.8, 4) is 0 Å². The molecule has 0 aliphatic rings. The van der Waals surface area contributed by atoms with Gasteiger partial charge in [0.1, 0.15) is 11.4 Å². The molecule has 23 heavy (non-hydrogen) atoms. The molecule has 0 fully saturated rings. The summed E-state index contributed by atoms with van der Waals surface area (Å²) in [7, 11) is 0. The number of hydrogen-bond donors (Lipinski definition) is 2. The van der Waals surface area contributed by atoms with Gasteiger partial charge in [-0.3, -0.25) is 10.1 Å². The van der Waals surface area contributed by atoms with E-state index in [0.717, 1.165) is 12.1 Å². The van der Waals surface area contributed by atoms with E-state index in [2.05, 4.69) is 5.32 Å². The number of nitro groups is 1. The van der Waals surface area contributed by atoms with Crippen LogP contribution in [0.25, 0.3) is 0 Å². The van der Waals surface area contributed by atoms with Crippen LogP contribution in [0.1, 0.15) is 23.8 Å². The number of hydrogen-bond acceptors (Lipinski definition) is 5. The maximum Gasteiger partial charge on any atom is 0.416 e. The van der Waals surface area contributed by atoms with Crippen LogP contribution in [0, 0.1) is 10.1 Å². The second-order valence-corrected chi connectivity index (χ2v) is 4.71. The minimum absolute atomic E-state index is 0.0853. The average Bonchev–Trinajstić information content (AvgIpc) is 2.99. The lowest BCUT2D eigenvalue weighted by Gasteiger charge is -2.17. The van der Waals surface area contributed by atoms with Crippen LogP contribution >= 0.6 is 0 Å². The summed E-state index contributed by atoms with van der Waals surface area (Å²) >= 11 is 0. The van der Waals surface area contributed by atoms with Crippen LogP contribution in [0.4, 0.5) is 24.5 Å². The number of nitro benzene ring substituents is 1. The predicted octanol–water partition coefficient (Wildman–Crippen LogP) is 3.74. The van der Waals surface area contributed by atoms with Gasteiger partial charge in [0, 0.05) is 12.7 Å². The van der Waals surface area contributed by atoms with Gasteiger partial charge in [-0.2, -0.15) is 13.2 Å². The minimum atomic E-state index is -4.67. The minimum Gasteiger partial charge on any atom is -0.467 e. The standard InChI is InChI=1S/C14H13F3N2O4/c15-14(16,17)9-3-4-10(12(8-9)19(21)22)18-11(5-6-20)13-2-1-7-23-13/h1-4,7-8,11,18,20H,5-6H2. The van der Waals surface area contributed by atoms with Gasteiger partial charge in [0.25, 0.3) is 5.69 Å². The Morgan fingerprint density at radius 3 is 2.61 bits per heavy atom. The van der Waals surface area contributed by atoms with E-state index < -0.39 is 28.4 Å². The fourth-order valence-corrected chi connectivity index (χ4v) is 2.07. The van der Waals surface area contributed by atoms with E-state index in [1.54, 1.807) is 12.1 Å². The Morgan fingerprint density at radius 1 is 1.35 bits per heavy atom. The summed E-state index contributed by atoms with van der Waals surface area (Å²) in [5.74, 6) is 0.410. The van der Waals surface area contributed by atoms with Crippen molar-refractivity contribution >= 4 is 11.4 Å². The first kappa shape index (κ1) is 16.8. The highest BCUT2D eigenvalue weighted by atomic mass is 19.4. The van der Waals surface area contributed by atoms with Gasteiger partial charge in [-0.15, -0.1) is 0 Å². The monoisotopic (exact) mass is 330 g/mol. The molecule has 0 saturated carbocycles. The average molecular weight is 330 g/mol. The number of furan rings is 1. The Kier molecular flexibility index (Phi) is 4.89. The molecule has 1 unspecified atom stereocenters. The van der Waals surface area contributed by atoms with Crippen molar-refractivity contribution in [1.82, 2.24) is 0 Å². The molecule has 1 heterocycles. The molecule has 1 aromatic carbocycles. The summed E-state index contributed by atoms with van der Waals surface area (Å²) in [5, 5.41) is 22.9. The van der Waals surface area contributed by atoms with Gasteiger partial charge in [-0.1, -0.05) is 0 Å². The number of rotatable bonds is 6. The van der Waals surface area contributed by atoms with E-state index in [1.807, 2.05) is 0 Å². The molecule has 124 valence electrons. The molecule has 2 aromatic rings. The molecule has 0 radical (unpaired) electrons. The van der Waals surface area contributed by atoms with E-state index in [9.17, 15) is 23.3 Å². The smallest absolute Gasteiger partial charge is 0.416 e. The van der Waals surface area contributed by atoms with Crippen LogP contribution in [-0.2, 0) is 6.18 Å². The van der Waals surface area contributed by atoms with E-state index in [4.69, 9.17) is 9.52 Å². The Morgan fingerprint density at radius 2 is 2.09 bits per heavy atom. The molecule has 6 nitrogen and oxygen atoms in total. The summed E-state index contributed by atoms with van der Waals surface area (Å²) in [4.78, 5) is 10.2.